The molecule has 1 fully saturated rings. The summed E-state index contributed by atoms with van der Waals surface area (Å²) in [7, 11) is 0. The third-order valence-corrected chi connectivity index (χ3v) is 4.08. The molecule has 3 nitrogen and oxygen atoms in total. The summed E-state index contributed by atoms with van der Waals surface area (Å²) < 4.78 is 0. The third-order valence-electron chi connectivity index (χ3n) is 2.68. The van der Waals surface area contributed by atoms with Crippen LogP contribution in [-0.4, -0.2) is 36.1 Å². The van der Waals surface area contributed by atoms with Gasteiger partial charge in [-0.25, -0.2) is 0 Å². The van der Waals surface area contributed by atoms with E-state index in [-0.39, 0.29) is 0 Å². The number of rotatable bonds is 2. The van der Waals surface area contributed by atoms with Gasteiger partial charge in [0, 0.05) is 17.8 Å². The van der Waals surface area contributed by atoms with Crippen molar-refractivity contribution in [1.29, 1.82) is 0 Å². The lowest BCUT2D eigenvalue weighted by Gasteiger charge is -2.22. The van der Waals surface area contributed by atoms with E-state index < -0.39 is 0 Å². The second-order valence-electron chi connectivity index (χ2n) is 4.10. The minimum absolute atomic E-state index is 0.511. The highest BCUT2D eigenvalue weighted by molar-refractivity contribution is 7.99. The average Bonchev–Trinajstić information content (AvgIpc) is 2.63. The molecule has 4 heteroatoms. The SMILES string of the molecule is CC1CN=C(NCC2CCCCS2)N1. The monoisotopic (exact) mass is 213 g/mol. The largest absolute Gasteiger partial charge is 0.355 e. The molecule has 2 atom stereocenters. The number of hydrogen-bond acceptors (Lipinski definition) is 4. The minimum Gasteiger partial charge on any atom is -0.355 e. The molecule has 80 valence electrons. The topological polar surface area (TPSA) is 36.4 Å². The van der Waals surface area contributed by atoms with Crippen LogP contribution in [0.25, 0.3) is 0 Å². The summed E-state index contributed by atoms with van der Waals surface area (Å²) in [6.45, 7) is 4.15. The molecule has 2 aliphatic rings. The molecule has 14 heavy (non-hydrogen) atoms. The quantitative estimate of drug-likeness (QED) is 0.724. The minimum atomic E-state index is 0.511. The van der Waals surface area contributed by atoms with Crippen LogP contribution in [0.2, 0.25) is 0 Å². The first-order valence-electron chi connectivity index (χ1n) is 5.51. The summed E-state index contributed by atoms with van der Waals surface area (Å²) in [6.07, 6.45) is 4.16. The number of nitrogens with one attached hydrogen (secondary N) is 2. The first-order valence-corrected chi connectivity index (χ1v) is 6.56. The van der Waals surface area contributed by atoms with Gasteiger partial charge in [-0.1, -0.05) is 6.42 Å². The van der Waals surface area contributed by atoms with E-state index in [0.29, 0.717) is 6.04 Å². The zero-order valence-corrected chi connectivity index (χ0v) is 9.57. The molecule has 0 aromatic carbocycles. The van der Waals surface area contributed by atoms with Gasteiger partial charge >= 0.3 is 0 Å². The lowest BCUT2D eigenvalue weighted by molar-refractivity contribution is 0.642. The second-order valence-corrected chi connectivity index (χ2v) is 5.51. The predicted molar refractivity (Wildman–Crippen MR) is 63.0 cm³/mol. The van der Waals surface area contributed by atoms with Gasteiger partial charge in [-0.15, -0.1) is 0 Å². The summed E-state index contributed by atoms with van der Waals surface area (Å²) in [4.78, 5) is 4.39. The summed E-state index contributed by atoms with van der Waals surface area (Å²) in [5.74, 6) is 2.34. The van der Waals surface area contributed by atoms with Gasteiger partial charge in [0.25, 0.3) is 0 Å². The maximum Gasteiger partial charge on any atom is 0.191 e. The van der Waals surface area contributed by atoms with Crippen molar-refractivity contribution in [3.05, 3.63) is 0 Å². The molecule has 0 saturated carbocycles. The fourth-order valence-corrected chi connectivity index (χ4v) is 3.08. The van der Waals surface area contributed by atoms with Crippen LogP contribution >= 0.6 is 11.8 Å². The van der Waals surface area contributed by atoms with Crippen molar-refractivity contribution in [1.82, 2.24) is 10.6 Å². The van der Waals surface area contributed by atoms with Crippen molar-refractivity contribution in [2.45, 2.75) is 37.5 Å². The van der Waals surface area contributed by atoms with Crippen molar-refractivity contribution >= 4 is 17.7 Å². The van der Waals surface area contributed by atoms with Gasteiger partial charge in [-0.3, -0.25) is 4.99 Å². The van der Waals surface area contributed by atoms with Gasteiger partial charge in [0.05, 0.1) is 6.54 Å². The normalized spacial score (nSPS) is 32.2. The maximum absolute atomic E-state index is 4.39. The molecule has 0 aromatic rings. The maximum atomic E-state index is 4.39. The first-order chi connectivity index (χ1) is 6.84. The van der Waals surface area contributed by atoms with E-state index >= 15 is 0 Å². The van der Waals surface area contributed by atoms with Gasteiger partial charge < -0.3 is 10.6 Å². The summed E-state index contributed by atoms with van der Waals surface area (Å²) in [5.41, 5.74) is 0. The van der Waals surface area contributed by atoms with Crippen LogP contribution in [0.1, 0.15) is 26.2 Å². The van der Waals surface area contributed by atoms with Gasteiger partial charge in [-0.05, 0) is 25.5 Å². The standard InChI is InChI=1S/C10H19N3S/c1-8-6-11-10(13-8)12-7-9-4-2-3-5-14-9/h8-9H,2-7H2,1H3,(H2,11,12,13). The van der Waals surface area contributed by atoms with Gasteiger partial charge in [0.15, 0.2) is 5.96 Å². The van der Waals surface area contributed by atoms with E-state index in [4.69, 9.17) is 0 Å². The summed E-state index contributed by atoms with van der Waals surface area (Å²) in [5, 5.41) is 7.52. The number of thioether (sulfide) groups is 1. The van der Waals surface area contributed by atoms with Crippen LogP contribution in [0.4, 0.5) is 0 Å². The second kappa shape index (κ2) is 4.91. The van der Waals surface area contributed by atoms with E-state index in [2.05, 4.69) is 34.3 Å². The zero-order chi connectivity index (χ0) is 9.80. The van der Waals surface area contributed by atoms with Gasteiger partial charge in [-0.2, -0.15) is 11.8 Å². The van der Waals surface area contributed by atoms with E-state index in [9.17, 15) is 0 Å². The molecule has 1 saturated heterocycles. The molecule has 0 spiro atoms. The Labute approximate surface area is 90.1 Å². The number of nitrogens with zero attached hydrogens (tertiary/aromatic N) is 1. The Morgan fingerprint density at radius 2 is 2.50 bits per heavy atom. The number of aliphatic imine (C=N–C) groups is 1. The Morgan fingerprint density at radius 1 is 1.57 bits per heavy atom. The molecule has 2 unspecified atom stereocenters. The lowest BCUT2D eigenvalue weighted by atomic mass is 10.2. The van der Waals surface area contributed by atoms with Gasteiger partial charge in [0.2, 0.25) is 0 Å². The summed E-state index contributed by atoms with van der Waals surface area (Å²) >= 11 is 2.10. The van der Waals surface area contributed by atoms with Crippen molar-refractivity contribution < 1.29 is 0 Å². The lowest BCUT2D eigenvalue weighted by Crippen LogP contribution is -2.40. The Bertz CT molecular complexity index is 211. The molecule has 0 aliphatic carbocycles. The fourth-order valence-electron chi connectivity index (χ4n) is 1.84. The average molecular weight is 213 g/mol. The number of hydrogen-bond donors (Lipinski definition) is 2. The first kappa shape index (κ1) is 10.1. The van der Waals surface area contributed by atoms with E-state index in [1.807, 2.05) is 0 Å². The molecule has 0 aromatic heterocycles. The zero-order valence-electron chi connectivity index (χ0n) is 8.75. The molecule has 2 heterocycles. The highest BCUT2D eigenvalue weighted by Gasteiger charge is 2.16. The van der Waals surface area contributed by atoms with Gasteiger partial charge in [0.1, 0.15) is 0 Å². The molecular formula is C10H19N3S. The Hall–Kier alpha value is -0.380. The Balaban J connectivity index is 1.66. The molecule has 0 radical (unpaired) electrons. The third kappa shape index (κ3) is 2.80. The molecule has 2 rings (SSSR count). The van der Waals surface area contributed by atoms with E-state index in [1.54, 1.807) is 0 Å². The molecule has 2 N–H and O–H groups in total. The van der Waals surface area contributed by atoms with Crippen LogP contribution in [0.5, 0.6) is 0 Å². The molecule has 0 amide bonds. The van der Waals surface area contributed by atoms with Crippen molar-refractivity contribution in [3.8, 4) is 0 Å². The van der Waals surface area contributed by atoms with E-state index in [1.165, 1.54) is 25.0 Å². The molecular weight excluding hydrogens is 194 g/mol. The smallest absolute Gasteiger partial charge is 0.191 e. The van der Waals surface area contributed by atoms with Crippen LogP contribution in [0.3, 0.4) is 0 Å². The molecule has 0 bridgehead atoms. The van der Waals surface area contributed by atoms with Crippen LogP contribution in [0, 0.1) is 0 Å². The van der Waals surface area contributed by atoms with Crippen molar-refractivity contribution in [2.75, 3.05) is 18.8 Å². The summed E-state index contributed by atoms with van der Waals surface area (Å²) in [6, 6.07) is 0.511. The fraction of sp³-hybridized carbons (Fsp3) is 0.900. The van der Waals surface area contributed by atoms with Crippen LogP contribution in [-0.2, 0) is 0 Å². The van der Waals surface area contributed by atoms with Crippen molar-refractivity contribution in [2.24, 2.45) is 4.99 Å². The van der Waals surface area contributed by atoms with Crippen molar-refractivity contribution in [3.63, 3.8) is 0 Å². The number of guanidine groups is 1. The highest BCUT2D eigenvalue weighted by atomic mass is 32.2. The predicted octanol–water partition coefficient (Wildman–Crippen LogP) is 1.21. The molecule has 2 aliphatic heterocycles. The highest BCUT2D eigenvalue weighted by Crippen LogP contribution is 2.24. The Morgan fingerprint density at radius 3 is 3.14 bits per heavy atom. The Kier molecular flexibility index (Phi) is 3.56. The van der Waals surface area contributed by atoms with Crippen LogP contribution < -0.4 is 10.6 Å². The van der Waals surface area contributed by atoms with Crippen LogP contribution in [0.15, 0.2) is 4.99 Å². The van der Waals surface area contributed by atoms with E-state index in [0.717, 1.165) is 24.3 Å².